The van der Waals surface area contributed by atoms with E-state index >= 15 is 0 Å². The van der Waals surface area contributed by atoms with Crippen LogP contribution in [0, 0.1) is 0 Å². The Morgan fingerprint density at radius 2 is 1.03 bits per heavy atom. The molecule has 19 heteroatoms. The maximum atomic E-state index is 13.0. The van der Waals surface area contributed by atoms with Gasteiger partial charge in [0.25, 0.3) is 0 Å². The number of allylic oxidation sites excluding steroid dienone is 5. The monoisotopic (exact) mass is 1010 g/mol. The van der Waals surface area contributed by atoms with Crippen molar-refractivity contribution in [2.24, 2.45) is 0 Å². The number of unbranched alkanes of at least 4 members (excludes halogenated alkanes) is 19. The van der Waals surface area contributed by atoms with Crippen LogP contribution in [-0.2, 0) is 46.5 Å². The molecule has 1 heterocycles. The molecular weight excluding hydrogens is 922 g/mol. The second-order valence-electron chi connectivity index (χ2n) is 18.3. The van der Waals surface area contributed by atoms with Gasteiger partial charge >= 0.3 is 27.6 Å². The van der Waals surface area contributed by atoms with E-state index in [1.807, 2.05) is 0 Å². The summed E-state index contributed by atoms with van der Waals surface area (Å²) >= 11 is 0. The van der Waals surface area contributed by atoms with Crippen LogP contribution in [0.15, 0.2) is 36.5 Å². The molecule has 7 N–H and O–H groups in total. The molecular formula is C49H88O17P2. The number of phosphoric acid groups is 2. The SMILES string of the molecule is CCCCC/C=C\C/C=C\CCCCCCCCCCCC(=O)OC[C@H](COP(=O)(O)O[C@H]1C(O)C(O)C(O)[C@@H](OP(=O)(O)O)C1O)OC(=O)CCCCCCCC1OC1C/C=C\CCCCC. The van der Waals surface area contributed by atoms with Gasteiger partial charge in [0.1, 0.15) is 43.2 Å². The number of epoxide rings is 1. The van der Waals surface area contributed by atoms with Crippen LogP contribution in [0.4, 0.5) is 0 Å². The summed E-state index contributed by atoms with van der Waals surface area (Å²) in [5, 5.41) is 41.3. The third kappa shape index (κ3) is 30.1. The normalized spacial score (nSPS) is 24.5. The van der Waals surface area contributed by atoms with Gasteiger partial charge in [-0.3, -0.25) is 23.2 Å². The van der Waals surface area contributed by atoms with Crippen LogP contribution in [0.5, 0.6) is 0 Å². The highest BCUT2D eigenvalue weighted by atomic mass is 31.2. The van der Waals surface area contributed by atoms with Crippen LogP contribution < -0.4 is 0 Å². The summed E-state index contributed by atoms with van der Waals surface area (Å²) in [6.07, 6.45) is 26.8. The van der Waals surface area contributed by atoms with Crippen LogP contribution in [0.25, 0.3) is 0 Å². The molecule has 1 saturated carbocycles. The van der Waals surface area contributed by atoms with Gasteiger partial charge in [0.15, 0.2) is 6.10 Å². The first-order valence-corrected chi connectivity index (χ1v) is 28.7. The highest BCUT2D eigenvalue weighted by molar-refractivity contribution is 7.47. The number of hydrogen-bond donors (Lipinski definition) is 7. The molecule has 2 fully saturated rings. The minimum atomic E-state index is -5.37. The third-order valence-corrected chi connectivity index (χ3v) is 13.6. The fourth-order valence-electron chi connectivity index (χ4n) is 8.00. The first-order valence-electron chi connectivity index (χ1n) is 25.7. The van der Waals surface area contributed by atoms with E-state index in [1.165, 1.54) is 70.6 Å². The Kier molecular flexibility index (Phi) is 33.9. The second kappa shape index (κ2) is 37.0. The molecule has 0 radical (unpaired) electrons. The van der Waals surface area contributed by atoms with Gasteiger partial charge in [-0.05, 0) is 70.6 Å². The van der Waals surface area contributed by atoms with Gasteiger partial charge in [-0.15, -0.1) is 0 Å². The van der Waals surface area contributed by atoms with Crippen LogP contribution >= 0.6 is 15.6 Å². The molecule has 0 amide bonds. The zero-order chi connectivity index (χ0) is 50.0. The molecule has 0 aromatic carbocycles. The van der Waals surface area contributed by atoms with Crippen LogP contribution in [0.1, 0.15) is 194 Å². The van der Waals surface area contributed by atoms with E-state index in [-0.39, 0.29) is 12.8 Å². The zero-order valence-corrected chi connectivity index (χ0v) is 42.8. The summed E-state index contributed by atoms with van der Waals surface area (Å²) in [4.78, 5) is 54.5. The molecule has 68 heavy (non-hydrogen) atoms. The molecule has 1 aliphatic carbocycles. The van der Waals surface area contributed by atoms with Gasteiger partial charge in [0, 0.05) is 12.8 Å². The van der Waals surface area contributed by atoms with E-state index < -0.39 is 83.5 Å². The first kappa shape index (κ1) is 62.3. The maximum Gasteiger partial charge on any atom is 0.472 e. The Labute approximate surface area is 406 Å². The van der Waals surface area contributed by atoms with Gasteiger partial charge in [-0.2, -0.15) is 0 Å². The summed E-state index contributed by atoms with van der Waals surface area (Å²) in [7, 11) is -10.7. The largest absolute Gasteiger partial charge is 0.472 e. The molecule has 2 aliphatic rings. The molecule has 0 aromatic heterocycles. The van der Waals surface area contributed by atoms with Crippen molar-refractivity contribution in [1.29, 1.82) is 0 Å². The van der Waals surface area contributed by atoms with Gasteiger partial charge < -0.3 is 49.3 Å². The van der Waals surface area contributed by atoms with E-state index in [1.54, 1.807) is 0 Å². The molecule has 2 rings (SSSR count). The lowest BCUT2D eigenvalue weighted by atomic mass is 9.85. The van der Waals surface area contributed by atoms with Gasteiger partial charge in [-0.1, -0.05) is 147 Å². The van der Waals surface area contributed by atoms with E-state index in [9.17, 15) is 53.8 Å². The molecule has 396 valence electrons. The van der Waals surface area contributed by atoms with Gasteiger partial charge in [0.2, 0.25) is 0 Å². The van der Waals surface area contributed by atoms with Gasteiger partial charge in [0.05, 0.1) is 18.8 Å². The minimum Gasteiger partial charge on any atom is -0.462 e. The average molecular weight is 1010 g/mol. The number of phosphoric ester groups is 2. The molecule has 0 spiro atoms. The standard InChI is InChI=1S/C49H88O17P2/c1-3-5-7-9-11-12-13-14-15-16-17-18-19-20-21-22-23-27-31-35-42(50)61-37-39(38-62-68(59,60)66-49-46(54)44(52)45(53)48(47(49)55)65-67(56,57)58)63-43(51)36-32-28-24-26-30-34-41-40(64-41)33-29-25-10-8-6-4-2/h11-12,14-15,25,29,39-41,44-49,52-55H,3-10,13,16-24,26-28,30-38H2,1-2H3,(H,59,60)(H2,56,57,58)/b12-11-,15-14-,29-25-/t39-,40?,41?,44?,45?,46?,47?,48-,49+/m1/s1. The molecule has 17 nitrogen and oxygen atoms in total. The Hall–Kier alpha value is -1.82. The number of carbonyl (C=O) groups excluding carboxylic acids is 2. The molecule has 0 bridgehead atoms. The van der Waals surface area contributed by atoms with E-state index in [4.69, 9.17) is 23.3 Å². The fraction of sp³-hybridized carbons (Fsp3) is 0.837. The zero-order valence-electron chi connectivity index (χ0n) is 41.0. The third-order valence-electron chi connectivity index (χ3n) is 12.1. The van der Waals surface area contributed by atoms with Crippen LogP contribution in [0.3, 0.4) is 0 Å². The van der Waals surface area contributed by atoms with Crippen molar-refractivity contribution in [2.45, 2.75) is 249 Å². The van der Waals surface area contributed by atoms with Crippen molar-refractivity contribution >= 4 is 27.6 Å². The predicted octanol–water partition coefficient (Wildman–Crippen LogP) is 9.28. The number of carbonyl (C=O) groups is 2. The molecule has 10 atom stereocenters. The molecule has 7 unspecified atom stereocenters. The maximum absolute atomic E-state index is 13.0. The summed E-state index contributed by atoms with van der Waals surface area (Å²) in [5.41, 5.74) is 0. The smallest absolute Gasteiger partial charge is 0.462 e. The number of aliphatic hydroxyl groups excluding tert-OH is 4. The van der Waals surface area contributed by atoms with E-state index in [2.05, 4.69) is 54.8 Å². The lowest BCUT2D eigenvalue weighted by Gasteiger charge is -2.43. The number of hydrogen-bond acceptors (Lipinski definition) is 14. The Morgan fingerprint density at radius 3 is 1.59 bits per heavy atom. The summed E-state index contributed by atoms with van der Waals surface area (Å²) in [6, 6.07) is 0. The average Bonchev–Trinajstić information content (AvgIpc) is 4.05. The quantitative estimate of drug-likeness (QED) is 0.00987. The second-order valence-corrected chi connectivity index (χ2v) is 20.9. The van der Waals surface area contributed by atoms with Gasteiger partial charge in [-0.25, -0.2) is 9.13 Å². The number of aliphatic hydroxyl groups is 4. The van der Waals surface area contributed by atoms with Crippen LogP contribution in [-0.4, -0.2) is 115 Å². The fourth-order valence-corrected chi connectivity index (χ4v) is 9.54. The van der Waals surface area contributed by atoms with Crippen molar-refractivity contribution < 1.29 is 81.6 Å². The topological polar surface area (TPSA) is 269 Å². The molecule has 1 saturated heterocycles. The summed E-state index contributed by atoms with van der Waals surface area (Å²) in [6.45, 7) is 3.05. The van der Waals surface area contributed by atoms with Crippen molar-refractivity contribution in [2.75, 3.05) is 13.2 Å². The first-order chi connectivity index (χ1) is 32.6. The van der Waals surface area contributed by atoms with Crippen molar-refractivity contribution in [1.82, 2.24) is 0 Å². The van der Waals surface area contributed by atoms with Crippen LogP contribution in [0.2, 0.25) is 0 Å². The number of esters is 2. The number of ether oxygens (including phenoxy) is 3. The predicted molar refractivity (Wildman–Crippen MR) is 259 cm³/mol. The highest BCUT2D eigenvalue weighted by Gasteiger charge is 2.54. The summed E-state index contributed by atoms with van der Waals surface area (Å²) < 4.78 is 55.3. The lowest BCUT2D eigenvalue weighted by molar-refractivity contribution is -0.216. The van der Waals surface area contributed by atoms with Crippen molar-refractivity contribution in [3.63, 3.8) is 0 Å². The highest BCUT2D eigenvalue weighted by Crippen LogP contribution is 2.49. The Morgan fingerprint density at radius 1 is 0.544 bits per heavy atom. The van der Waals surface area contributed by atoms with E-state index in [0.717, 1.165) is 83.5 Å². The number of rotatable bonds is 42. The van der Waals surface area contributed by atoms with E-state index in [0.29, 0.717) is 25.0 Å². The molecule has 1 aliphatic heterocycles. The molecule has 0 aromatic rings. The lowest BCUT2D eigenvalue weighted by Crippen LogP contribution is -2.64. The summed E-state index contributed by atoms with van der Waals surface area (Å²) in [5.74, 6) is -1.23. The Bertz CT molecular complexity index is 1520. The van der Waals surface area contributed by atoms with Crippen molar-refractivity contribution in [3.8, 4) is 0 Å². The minimum absolute atomic E-state index is 0.0203. The van der Waals surface area contributed by atoms with Crippen molar-refractivity contribution in [3.05, 3.63) is 36.5 Å². The Balaban J connectivity index is 1.76.